The first-order valence-electron chi connectivity index (χ1n) is 7.02. The van der Waals surface area contributed by atoms with Crippen LogP contribution in [0.1, 0.15) is 37.7 Å². The highest BCUT2D eigenvalue weighted by Crippen LogP contribution is 2.11. The van der Waals surface area contributed by atoms with Crippen LogP contribution in [0.15, 0.2) is 18.5 Å². The smallest absolute Gasteiger partial charge is 0.222 e. The summed E-state index contributed by atoms with van der Waals surface area (Å²) >= 11 is 2.24. The Morgan fingerprint density at radius 1 is 1.52 bits per heavy atom. The van der Waals surface area contributed by atoms with Crippen molar-refractivity contribution in [2.45, 2.75) is 46.3 Å². The maximum absolute atomic E-state index is 12.0. The van der Waals surface area contributed by atoms with Crippen molar-refractivity contribution in [3.8, 4) is 0 Å². The van der Waals surface area contributed by atoms with Crippen LogP contribution in [0.3, 0.4) is 0 Å². The SMILES string of the molecule is CCn1ccc(C(C)NC(=O)CCn2ncc(I)c2C)n1. The van der Waals surface area contributed by atoms with Crippen molar-refractivity contribution in [3.05, 3.63) is 33.4 Å². The Labute approximate surface area is 138 Å². The molecule has 0 fully saturated rings. The Balaban J connectivity index is 1.85. The molecule has 2 heterocycles. The van der Waals surface area contributed by atoms with E-state index in [0.29, 0.717) is 13.0 Å². The number of aryl methyl sites for hydroxylation is 2. The summed E-state index contributed by atoms with van der Waals surface area (Å²) in [5, 5.41) is 11.6. The molecule has 1 N–H and O–H groups in total. The maximum Gasteiger partial charge on any atom is 0.222 e. The van der Waals surface area contributed by atoms with Gasteiger partial charge in [-0.15, -0.1) is 0 Å². The summed E-state index contributed by atoms with van der Waals surface area (Å²) in [5.41, 5.74) is 1.98. The quantitative estimate of drug-likeness (QED) is 0.756. The molecule has 0 aliphatic heterocycles. The largest absolute Gasteiger partial charge is 0.348 e. The summed E-state index contributed by atoms with van der Waals surface area (Å²) < 4.78 is 4.83. The molecular formula is C14H20IN5O. The number of halogens is 1. The lowest BCUT2D eigenvalue weighted by molar-refractivity contribution is -0.122. The van der Waals surface area contributed by atoms with E-state index in [-0.39, 0.29) is 11.9 Å². The minimum Gasteiger partial charge on any atom is -0.348 e. The highest BCUT2D eigenvalue weighted by atomic mass is 127. The van der Waals surface area contributed by atoms with Gasteiger partial charge in [-0.3, -0.25) is 14.2 Å². The summed E-state index contributed by atoms with van der Waals surface area (Å²) in [6.07, 6.45) is 4.15. The molecule has 21 heavy (non-hydrogen) atoms. The molecular weight excluding hydrogens is 381 g/mol. The fourth-order valence-electron chi connectivity index (χ4n) is 2.03. The second-order valence-corrected chi connectivity index (χ2v) is 6.10. The van der Waals surface area contributed by atoms with E-state index < -0.39 is 0 Å². The first kappa shape index (κ1) is 16.0. The Kier molecular flexibility index (Phi) is 5.38. The van der Waals surface area contributed by atoms with Gasteiger partial charge in [0.2, 0.25) is 5.91 Å². The zero-order valence-electron chi connectivity index (χ0n) is 12.5. The average Bonchev–Trinajstić information content (AvgIpc) is 3.06. The lowest BCUT2D eigenvalue weighted by Crippen LogP contribution is -2.28. The normalized spacial score (nSPS) is 12.4. The fraction of sp³-hybridized carbons (Fsp3) is 0.500. The van der Waals surface area contributed by atoms with Crippen LogP contribution in [-0.2, 0) is 17.9 Å². The van der Waals surface area contributed by atoms with Crippen LogP contribution in [0.5, 0.6) is 0 Å². The first-order chi connectivity index (χ1) is 10.0. The van der Waals surface area contributed by atoms with E-state index in [9.17, 15) is 4.79 Å². The van der Waals surface area contributed by atoms with Crippen LogP contribution in [0, 0.1) is 10.5 Å². The molecule has 0 bridgehead atoms. The topological polar surface area (TPSA) is 64.7 Å². The Morgan fingerprint density at radius 2 is 2.29 bits per heavy atom. The van der Waals surface area contributed by atoms with Crippen LogP contribution < -0.4 is 5.32 Å². The monoisotopic (exact) mass is 401 g/mol. The number of nitrogens with zero attached hydrogens (tertiary/aromatic N) is 4. The van der Waals surface area contributed by atoms with Crippen molar-refractivity contribution < 1.29 is 4.79 Å². The van der Waals surface area contributed by atoms with Crippen LogP contribution in [-0.4, -0.2) is 25.5 Å². The summed E-state index contributed by atoms with van der Waals surface area (Å²) in [6, 6.07) is 1.86. The Bertz CT molecular complexity index is 619. The lowest BCUT2D eigenvalue weighted by atomic mass is 10.2. The van der Waals surface area contributed by atoms with Gasteiger partial charge < -0.3 is 5.32 Å². The zero-order chi connectivity index (χ0) is 15.4. The number of hydrogen-bond donors (Lipinski definition) is 1. The van der Waals surface area contributed by atoms with E-state index in [1.807, 2.05) is 48.6 Å². The predicted octanol–water partition coefficient (Wildman–Crippen LogP) is 2.28. The second-order valence-electron chi connectivity index (χ2n) is 4.94. The molecule has 1 amide bonds. The maximum atomic E-state index is 12.0. The average molecular weight is 401 g/mol. The summed E-state index contributed by atoms with van der Waals surface area (Å²) in [6.45, 7) is 7.41. The first-order valence-corrected chi connectivity index (χ1v) is 8.09. The van der Waals surface area contributed by atoms with E-state index in [4.69, 9.17) is 0 Å². The number of rotatable bonds is 6. The molecule has 0 aromatic carbocycles. The van der Waals surface area contributed by atoms with Gasteiger partial charge in [-0.2, -0.15) is 10.2 Å². The molecule has 2 aromatic heterocycles. The van der Waals surface area contributed by atoms with E-state index in [1.54, 1.807) is 0 Å². The Hall–Kier alpha value is -1.38. The fourth-order valence-corrected chi connectivity index (χ4v) is 2.43. The molecule has 0 spiro atoms. The van der Waals surface area contributed by atoms with Crippen molar-refractivity contribution in [2.24, 2.45) is 0 Å². The number of nitrogens with one attached hydrogen (secondary N) is 1. The van der Waals surface area contributed by atoms with E-state index in [2.05, 4.69) is 38.1 Å². The summed E-state index contributed by atoms with van der Waals surface area (Å²) in [7, 11) is 0. The number of aromatic nitrogens is 4. The number of carbonyl (C=O) groups excluding carboxylic acids is 1. The molecule has 2 aromatic rings. The van der Waals surface area contributed by atoms with Crippen LogP contribution in [0.25, 0.3) is 0 Å². The minimum absolute atomic E-state index is 0.0125. The Morgan fingerprint density at radius 3 is 2.86 bits per heavy atom. The van der Waals surface area contributed by atoms with Gasteiger partial charge in [0.15, 0.2) is 0 Å². The predicted molar refractivity (Wildman–Crippen MR) is 88.8 cm³/mol. The molecule has 0 saturated heterocycles. The molecule has 1 atom stereocenters. The van der Waals surface area contributed by atoms with Gasteiger partial charge in [-0.25, -0.2) is 0 Å². The van der Waals surface area contributed by atoms with Crippen molar-refractivity contribution in [1.29, 1.82) is 0 Å². The van der Waals surface area contributed by atoms with Crippen molar-refractivity contribution in [3.63, 3.8) is 0 Å². The molecule has 0 saturated carbocycles. The van der Waals surface area contributed by atoms with Crippen molar-refractivity contribution in [2.75, 3.05) is 0 Å². The van der Waals surface area contributed by atoms with Gasteiger partial charge in [0.1, 0.15) is 0 Å². The molecule has 0 radical (unpaired) electrons. The van der Waals surface area contributed by atoms with Crippen molar-refractivity contribution in [1.82, 2.24) is 24.9 Å². The van der Waals surface area contributed by atoms with Gasteiger partial charge in [0, 0.05) is 31.4 Å². The van der Waals surface area contributed by atoms with Gasteiger partial charge >= 0.3 is 0 Å². The van der Waals surface area contributed by atoms with E-state index in [0.717, 1.165) is 21.5 Å². The third-order valence-electron chi connectivity index (χ3n) is 3.40. The van der Waals surface area contributed by atoms with Gasteiger partial charge in [0.25, 0.3) is 0 Å². The van der Waals surface area contributed by atoms with Crippen LogP contribution in [0.4, 0.5) is 0 Å². The van der Waals surface area contributed by atoms with Gasteiger partial charge in [0.05, 0.1) is 21.5 Å². The van der Waals surface area contributed by atoms with Crippen LogP contribution in [0.2, 0.25) is 0 Å². The highest BCUT2D eigenvalue weighted by molar-refractivity contribution is 14.1. The number of carbonyl (C=O) groups is 1. The van der Waals surface area contributed by atoms with E-state index >= 15 is 0 Å². The molecule has 7 heteroatoms. The van der Waals surface area contributed by atoms with Gasteiger partial charge in [-0.05, 0) is 49.4 Å². The molecule has 0 aliphatic rings. The van der Waals surface area contributed by atoms with E-state index in [1.165, 1.54) is 0 Å². The highest BCUT2D eigenvalue weighted by Gasteiger charge is 2.13. The third-order valence-corrected chi connectivity index (χ3v) is 4.46. The summed E-state index contributed by atoms with van der Waals surface area (Å²) in [5.74, 6) is 0.0125. The molecule has 1 unspecified atom stereocenters. The third kappa shape index (κ3) is 4.05. The molecule has 6 nitrogen and oxygen atoms in total. The number of amides is 1. The summed E-state index contributed by atoms with van der Waals surface area (Å²) in [4.78, 5) is 12.0. The molecule has 114 valence electrons. The number of hydrogen-bond acceptors (Lipinski definition) is 3. The lowest BCUT2D eigenvalue weighted by Gasteiger charge is -2.12. The second kappa shape index (κ2) is 7.06. The molecule has 0 aliphatic carbocycles. The van der Waals surface area contributed by atoms with Crippen LogP contribution >= 0.6 is 22.6 Å². The molecule has 2 rings (SSSR count). The zero-order valence-corrected chi connectivity index (χ0v) is 14.7. The standard InChI is InChI=1S/C14H20IN5O/c1-4-19-7-5-13(18-19)10(2)17-14(21)6-8-20-11(3)12(15)9-16-20/h5,7,9-10H,4,6,8H2,1-3H3,(H,17,21). The van der Waals surface area contributed by atoms with Gasteiger partial charge in [-0.1, -0.05) is 0 Å². The van der Waals surface area contributed by atoms with Crippen molar-refractivity contribution >= 4 is 28.5 Å². The minimum atomic E-state index is -0.0795.